The lowest BCUT2D eigenvalue weighted by Gasteiger charge is -2.31. The standard InChI is InChI=1S/C20H24N2O2/c21-14-16-9-11-22(12-10-16)20(23)18-7-4-8-19(13-18)24-15-17-5-2-1-3-6-17/h1-8,13,16H,9-12,14-15,21H2. The molecule has 126 valence electrons. The zero-order valence-electron chi connectivity index (χ0n) is 13.9. The number of rotatable bonds is 5. The van der Waals surface area contributed by atoms with Crippen molar-refractivity contribution in [3.63, 3.8) is 0 Å². The van der Waals surface area contributed by atoms with E-state index in [1.807, 2.05) is 59.5 Å². The number of benzene rings is 2. The first kappa shape index (κ1) is 16.5. The molecule has 3 rings (SSSR count). The van der Waals surface area contributed by atoms with Crippen LogP contribution < -0.4 is 10.5 Å². The molecule has 24 heavy (non-hydrogen) atoms. The number of ether oxygens (including phenoxy) is 1. The highest BCUT2D eigenvalue weighted by Crippen LogP contribution is 2.20. The number of carbonyl (C=O) groups excluding carboxylic acids is 1. The fraction of sp³-hybridized carbons (Fsp3) is 0.350. The minimum absolute atomic E-state index is 0.0793. The highest BCUT2D eigenvalue weighted by Gasteiger charge is 2.23. The van der Waals surface area contributed by atoms with Gasteiger partial charge in [-0.25, -0.2) is 0 Å². The first-order valence-electron chi connectivity index (χ1n) is 8.52. The molecule has 0 radical (unpaired) electrons. The molecule has 0 saturated carbocycles. The molecule has 1 saturated heterocycles. The van der Waals surface area contributed by atoms with Gasteiger partial charge in [0.25, 0.3) is 5.91 Å². The van der Waals surface area contributed by atoms with E-state index < -0.39 is 0 Å². The van der Waals surface area contributed by atoms with Crippen molar-refractivity contribution in [2.24, 2.45) is 11.7 Å². The van der Waals surface area contributed by atoms with Gasteiger partial charge in [-0.15, -0.1) is 0 Å². The van der Waals surface area contributed by atoms with Crippen LogP contribution >= 0.6 is 0 Å². The molecular weight excluding hydrogens is 300 g/mol. The number of hydrogen-bond donors (Lipinski definition) is 1. The van der Waals surface area contributed by atoms with E-state index in [1.165, 1.54) is 0 Å². The third-order valence-electron chi connectivity index (χ3n) is 4.56. The predicted octanol–water partition coefficient (Wildman–Crippen LogP) is 3.08. The third kappa shape index (κ3) is 4.15. The van der Waals surface area contributed by atoms with Gasteiger partial charge < -0.3 is 15.4 Å². The van der Waals surface area contributed by atoms with Gasteiger partial charge >= 0.3 is 0 Å². The van der Waals surface area contributed by atoms with E-state index in [9.17, 15) is 4.79 Å². The summed E-state index contributed by atoms with van der Waals surface area (Å²) in [5.74, 6) is 1.35. The predicted molar refractivity (Wildman–Crippen MR) is 94.9 cm³/mol. The molecule has 1 amide bonds. The number of hydrogen-bond acceptors (Lipinski definition) is 3. The molecule has 1 aliphatic heterocycles. The van der Waals surface area contributed by atoms with E-state index in [-0.39, 0.29) is 5.91 Å². The molecule has 2 N–H and O–H groups in total. The molecular formula is C20H24N2O2. The van der Waals surface area contributed by atoms with E-state index in [0.29, 0.717) is 24.6 Å². The normalized spacial score (nSPS) is 15.3. The first-order chi connectivity index (χ1) is 11.8. The summed E-state index contributed by atoms with van der Waals surface area (Å²) in [5.41, 5.74) is 7.51. The van der Waals surface area contributed by atoms with Crippen molar-refractivity contribution in [1.82, 2.24) is 4.90 Å². The van der Waals surface area contributed by atoms with Gasteiger partial charge in [-0.05, 0) is 49.1 Å². The van der Waals surface area contributed by atoms with Gasteiger partial charge in [0.15, 0.2) is 0 Å². The average Bonchev–Trinajstić information content (AvgIpc) is 2.67. The lowest BCUT2D eigenvalue weighted by Crippen LogP contribution is -2.40. The Bertz CT molecular complexity index is 664. The zero-order valence-corrected chi connectivity index (χ0v) is 13.9. The Balaban J connectivity index is 1.61. The molecule has 0 aromatic heterocycles. The topological polar surface area (TPSA) is 55.6 Å². The molecule has 1 heterocycles. The lowest BCUT2D eigenvalue weighted by molar-refractivity contribution is 0.0693. The molecule has 1 aliphatic rings. The maximum absolute atomic E-state index is 12.7. The quantitative estimate of drug-likeness (QED) is 0.919. The summed E-state index contributed by atoms with van der Waals surface area (Å²) >= 11 is 0. The van der Waals surface area contributed by atoms with Crippen molar-refractivity contribution in [1.29, 1.82) is 0 Å². The molecule has 4 heteroatoms. The Hall–Kier alpha value is -2.33. The van der Waals surface area contributed by atoms with Gasteiger partial charge in [0.05, 0.1) is 0 Å². The molecule has 0 spiro atoms. The van der Waals surface area contributed by atoms with Gasteiger partial charge in [0, 0.05) is 18.7 Å². The molecule has 0 unspecified atom stereocenters. The second-order valence-corrected chi connectivity index (χ2v) is 6.27. The number of nitrogens with two attached hydrogens (primary N) is 1. The molecule has 0 aliphatic carbocycles. The van der Waals surface area contributed by atoms with Crippen molar-refractivity contribution >= 4 is 5.91 Å². The minimum atomic E-state index is 0.0793. The van der Waals surface area contributed by atoms with Crippen LogP contribution in [0.5, 0.6) is 5.75 Å². The van der Waals surface area contributed by atoms with Crippen LogP contribution in [-0.2, 0) is 6.61 Å². The molecule has 2 aromatic rings. The van der Waals surface area contributed by atoms with Gasteiger partial charge in [-0.3, -0.25) is 4.79 Å². The summed E-state index contributed by atoms with van der Waals surface area (Å²) in [4.78, 5) is 14.6. The average molecular weight is 324 g/mol. The summed E-state index contributed by atoms with van der Waals surface area (Å²) in [6.45, 7) is 2.79. The Morgan fingerprint density at radius 2 is 1.83 bits per heavy atom. The van der Waals surface area contributed by atoms with E-state index in [2.05, 4.69) is 0 Å². The van der Waals surface area contributed by atoms with Crippen LogP contribution in [0.1, 0.15) is 28.8 Å². The number of likely N-dealkylation sites (tertiary alicyclic amines) is 1. The van der Waals surface area contributed by atoms with E-state index in [4.69, 9.17) is 10.5 Å². The van der Waals surface area contributed by atoms with Crippen LogP contribution in [0.15, 0.2) is 54.6 Å². The van der Waals surface area contributed by atoms with Gasteiger partial charge in [0.2, 0.25) is 0 Å². The second kappa shape index (κ2) is 7.97. The monoisotopic (exact) mass is 324 g/mol. The zero-order chi connectivity index (χ0) is 16.8. The maximum Gasteiger partial charge on any atom is 0.253 e. The van der Waals surface area contributed by atoms with Crippen molar-refractivity contribution in [2.75, 3.05) is 19.6 Å². The Kier molecular flexibility index (Phi) is 5.49. The minimum Gasteiger partial charge on any atom is -0.489 e. The smallest absolute Gasteiger partial charge is 0.253 e. The Morgan fingerprint density at radius 1 is 1.08 bits per heavy atom. The van der Waals surface area contributed by atoms with E-state index in [0.717, 1.165) is 37.2 Å². The van der Waals surface area contributed by atoms with E-state index >= 15 is 0 Å². The van der Waals surface area contributed by atoms with Crippen LogP contribution in [0.2, 0.25) is 0 Å². The summed E-state index contributed by atoms with van der Waals surface area (Å²) in [5, 5.41) is 0. The van der Waals surface area contributed by atoms with Crippen molar-refractivity contribution in [3.8, 4) is 5.75 Å². The molecule has 0 bridgehead atoms. The van der Waals surface area contributed by atoms with Gasteiger partial charge in [-0.2, -0.15) is 0 Å². The first-order valence-corrected chi connectivity index (χ1v) is 8.52. The maximum atomic E-state index is 12.7. The third-order valence-corrected chi connectivity index (χ3v) is 4.56. The van der Waals surface area contributed by atoms with Crippen LogP contribution in [0, 0.1) is 5.92 Å². The number of amides is 1. The highest BCUT2D eigenvalue weighted by molar-refractivity contribution is 5.94. The van der Waals surface area contributed by atoms with E-state index in [1.54, 1.807) is 0 Å². The molecule has 2 aromatic carbocycles. The van der Waals surface area contributed by atoms with Crippen LogP contribution in [-0.4, -0.2) is 30.4 Å². The highest BCUT2D eigenvalue weighted by atomic mass is 16.5. The molecule has 0 atom stereocenters. The van der Waals surface area contributed by atoms with Gasteiger partial charge in [0.1, 0.15) is 12.4 Å². The molecule has 1 fully saturated rings. The number of piperidine rings is 1. The fourth-order valence-corrected chi connectivity index (χ4v) is 3.01. The molecule has 4 nitrogen and oxygen atoms in total. The summed E-state index contributed by atoms with van der Waals surface area (Å²) in [7, 11) is 0. The number of carbonyl (C=O) groups is 1. The Labute approximate surface area is 143 Å². The fourth-order valence-electron chi connectivity index (χ4n) is 3.01. The summed E-state index contributed by atoms with van der Waals surface area (Å²) in [6.07, 6.45) is 1.98. The van der Waals surface area contributed by atoms with Crippen molar-refractivity contribution < 1.29 is 9.53 Å². The second-order valence-electron chi connectivity index (χ2n) is 6.27. The Morgan fingerprint density at radius 3 is 2.54 bits per heavy atom. The number of nitrogens with zero attached hydrogens (tertiary/aromatic N) is 1. The van der Waals surface area contributed by atoms with Crippen LogP contribution in [0.25, 0.3) is 0 Å². The van der Waals surface area contributed by atoms with Crippen molar-refractivity contribution in [3.05, 3.63) is 65.7 Å². The summed E-state index contributed by atoms with van der Waals surface area (Å²) < 4.78 is 5.82. The van der Waals surface area contributed by atoms with Gasteiger partial charge in [-0.1, -0.05) is 36.4 Å². The SMILES string of the molecule is NCC1CCN(C(=O)c2cccc(OCc3ccccc3)c2)CC1. The van der Waals surface area contributed by atoms with Crippen LogP contribution in [0.3, 0.4) is 0 Å². The summed E-state index contributed by atoms with van der Waals surface area (Å²) in [6, 6.07) is 17.5. The lowest BCUT2D eigenvalue weighted by atomic mass is 9.96. The van der Waals surface area contributed by atoms with Crippen LogP contribution in [0.4, 0.5) is 0 Å². The largest absolute Gasteiger partial charge is 0.489 e. The van der Waals surface area contributed by atoms with Crippen molar-refractivity contribution in [2.45, 2.75) is 19.4 Å².